The second-order valence-electron chi connectivity index (χ2n) is 6.78. The summed E-state index contributed by atoms with van der Waals surface area (Å²) in [5, 5.41) is 10.9. The van der Waals surface area contributed by atoms with Gasteiger partial charge in [-0.1, -0.05) is 55.0 Å². The number of carbonyl (C=O) groups is 1. The molecule has 2 aliphatic carbocycles. The Kier molecular flexibility index (Phi) is 3.96. The highest BCUT2D eigenvalue weighted by Crippen LogP contribution is 2.62. The molecular weight excluding hydrogens is 307 g/mol. The van der Waals surface area contributed by atoms with E-state index in [4.69, 9.17) is 23.2 Å². The molecule has 0 aliphatic heterocycles. The van der Waals surface area contributed by atoms with Crippen LogP contribution in [0.3, 0.4) is 0 Å². The topological polar surface area (TPSA) is 37.3 Å². The molecule has 0 bridgehead atoms. The van der Waals surface area contributed by atoms with Crippen molar-refractivity contribution >= 4 is 29.2 Å². The van der Waals surface area contributed by atoms with E-state index in [9.17, 15) is 9.90 Å². The molecule has 21 heavy (non-hydrogen) atoms. The summed E-state index contributed by atoms with van der Waals surface area (Å²) in [6, 6.07) is 5.19. The maximum absolute atomic E-state index is 12.0. The Morgan fingerprint density at radius 2 is 1.67 bits per heavy atom. The van der Waals surface area contributed by atoms with Crippen LogP contribution in [0.25, 0.3) is 0 Å². The fraction of sp³-hybridized carbons (Fsp3) is 0.588. The molecule has 1 aromatic carbocycles. The van der Waals surface area contributed by atoms with Crippen LogP contribution in [0, 0.1) is 5.41 Å². The van der Waals surface area contributed by atoms with Gasteiger partial charge < -0.3 is 5.11 Å². The van der Waals surface area contributed by atoms with Gasteiger partial charge in [0.1, 0.15) is 0 Å². The van der Waals surface area contributed by atoms with Crippen molar-refractivity contribution in [3.05, 3.63) is 33.8 Å². The molecular formula is C17H20Cl2O2. The van der Waals surface area contributed by atoms with Crippen LogP contribution < -0.4 is 0 Å². The molecule has 0 unspecified atom stereocenters. The zero-order valence-corrected chi connectivity index (χ0v) is 13.5. The maximum atomic E-state index is 12.0. The quantitative estimate of drug-likeness (QED) is 0.784. The summed E-state index contributed by atoms with van der Waals surface area (Å²) < 4.78 is 0. The molecule has 1 aromatic rings. The highest BCUT2D eigenvalue weighted by atomic mass is 35.5. The third-order valence-corrected chi connectivity index (χ3v) is 5.92. The van der Waals surface area contributed by atoms with Crippen molar-refractivity contribution < 1.29 is 9.90 Å². The first kappa shape index (κ1) is 15.2. The van der Waals surface area contributed by atoms with E-state index in [1.54, 1.807) is 18.2 Å². The smallest absolute Gasteiger partial charge is 0.314 e. The fourth-order valence-electron chi connectivity index (χ4n) is 4.40. The van der Waals surface area contributed by atoms with Crippen LogP contribution in [0.1, 0.15) is 56.9 Å². The van der Waals surface area contributed by atoms with Crippen molar-refractivity contribution in [1.82, 2.24) is 0 Å². The predicted molar refractivity (Wildman–Crippen MR) is 85.1 cm³/mol. The number of rotatable bonds is 2. The van der Waals surface area contributed by atoms with E-state index in [-0.39, 0.29) is 5.41 Å². The monoisotopic (exact) mass is 326 g/mol. The number of halogens is 2. The van der Waals surface area contributed by atoms with Crippen LogP contribution in [-0.4, -0.2) is 11.1 Å². The Balaban J connectivity index is 1.91. The standard InChI is InChI=1S/C17H20Cl2O2/c18-12-5-6-13(14(19)9-12)17(15(20)21)10-16(11-17)7-3-1-2-4-8-16/h5-6,9H,1-4,7-8,10-11H2,(H,20,21). The van der Waals surface area contributed by atoms with E-state index >= 15 is 0 Å². The van der Waals surface area contributed by atoms with Crippen molar-refractivity contribution in [1.29, 1.82) is 0 Å². The van der Waals surface area contributed by atoms with Gasteiger partial charge in [0.25, 0.3) is 0 Å². The van der Waals surface area contributed by atoms with E-state index in [1.807, 2.05) is 0 Å². The second-order valence-corrected chi connectivity index (χ2v) is 7.62. The molecule has 1 spiro atoms. The van der Waals surface area contributed by atoms with Gasteiger partial charge in [0.2, 0.25) is 0 Å². The maximum Gasteiger partial charge on any atom is 0.314 e. The molecule has 0 radical (unpaired) electrons. The Morgan fingerprint density at radius 3 is 2.19 bits per heavy atom. The van der Waals surface area contributed by atoms with Crippen LogP contribution in [0.2, 0.25) is 10.0 Å². The normalized spacial score (nSPS) is 23.3. The van der Waals surface area contributed by atoms with Crippen LogP contribution in [-0.2, 0) is 10.2 Å². The zero-order valence-electron chi connectivity index (χ0n) is 12.0. The van der Waals surface area contributed by atoms with Gasteiger partial charge in [-0.25, -0.2) is 0 Å². The number of hydrogen-bond acceptors (Lipinski definition) is 1. The van der Waals surface area contributed by atoms with E-state index in [2.05, 4.69) is 0 Å². The van der Waals surface area contributed by atoms with Crippen LogP contribution in [0.4, 0.5) is 0 Å². The molecule has 0 atom stereocenters. The van der Waals surface area contributed by atoms with Crippen LogP contribution in [0.15, 0.2) is 18.2 Å². The zero-order chi connectivity index (χ0) is 15.1. The predicted octanol–water partition coefficient (Wildman–Crippen LogP) is 5.45. The summed E-state index contributed by atoms with van der Waals surface area (Å²) in [7, 11) is 0. The van der Waals surface area contributed by atoms with Crippen LogP contribution >= 0.6 is 23.2 Å². The van der Waals surface area contributed by atoms with Gasteiger partial charge in [-0.3, -0.25) is 4.79 Å². The highest BCUT2D eigenvalue weighted by Gasteiger charge is 2.59. The number of benzene rings is 1. The number of aliphatic carboxylic acids is 1. The van der Waals surface area contributed by atoms with Gasteiger partial charge >= 0.3 is 5.97 Å². The lowest BCUT2D eigenvalue weighted by atomic mass is 9.48. The van der Waals surface area contributed by atoms with Crippen molar-refractivity contribution in [3.63, 3.8) is 0 Å². The number of carboxylic acid groups (broad SMARTS) is 1. The third kappa shape index (κ3) is 2.57. The summed E-state index contributed by atoms with van der Waals surface area (Å²) in [5.41, 5.74) is 0.139. The van der Waals surface area contributed by atoms with Crippen molar-refractivity contribution in [2.75, 3.05) is 0 Å². The minimum absolute atomic E-state index is 0.220. The second kappa shape index (κ2) is 5.48. The van der Waals surface area contributed by atoms with Gasteiger partial charge in [-0.05, 0) is 48.8 Å². The molecule has 0 aromatic heterocycles. The average molecular weight is 327 g/mol. The molecule has 1 N–H and O–H groups in total. The Hall–Kier alpha value is -0.730. The summed E-state index contributed by atoms with van der Waals surface area (Å²) >= 11 is 12.2. The first-order chi connectivity index (χ1) is 9.97. The van der Waals surface area contributed by atoms with E-state index < -0.39 is 11.4 Å². The first-order valence-corrected chi connectivity index (χ1v) is 8.42. The third-order valence-electron chi connectivity index (χ3n) is 5.37. The number of hydrogen-bond donors (Lipinski definition) is 1. The molecule has 114 valence electrons. The molecule has 2 saturated carbocycles. The largest absolute Gasteiger partial charge is 0.481 e. The molecule has 0 amide bonds. The van der Waals surface area contributed by atoms with Gasteiger partial charge in [-0.15, -0.1) is 0 Å². The summed E-state index contributed by atoms with van der Waals surface area (Å²) in [4.78, 5) is 12.0. The van der Waals surface area contributed by atoms with Crippen LogP contribution in [0.5, 0.6) is 0 Å². The van der Waals surface area contributed by atoms with Crippen molar-refractivity contribution in [2.45, 2.75) is 56.8 Å². The van der Waals surface area contributed by atoms with E-state index in [1.165, 1.54) is 25.7 Å². The molecule has 2 fully saturated rings. The Morgan fingerprint density at radius 1 is 1.05 bits per heavy atom. The SMILES string of the molecule is O=C(O)C1(c2ccc(Cl)cc2Cl)CC2(CCCCCC2)C1. The van der Waals surface area contributed by atoms with E-state index in [0.717, 1.165) is 31.2 Å². The highest BCUT2D eigenvalue weighted by molar-refractivity contribution is 6.35. The van der Waals surface area contributed by atoms with Crippen molar-refractivity contribution in [2.24, 2.45) is 5.41 Å². The van der Waals surface area contributed by atoms with Crippen molar-refractivity contribution in [3.8, 4) is 0 Å². The summed E-state index contributed by atoms with van der Waals surface area (Å²) in [6.07, 6.45) is 8.77. The molecule has 4 heteroatoms. The lowest BCUT2D eigenvalue weighted by Gasteiger charge is -2.54. The van der Waals surface area contributed by atoms with Gasteiger partial charge in [0.05, 0.1) is 5.41 Å². The Bertz CT molecular complexity index is 552. The summed E-state index contributed by atoms with van der Waals surface area (Å²) in [5.74, 6) is -0.749. The first-order valence-electron chi connectivity index (χ1n) is 7.67. The molecule has 0 saturated heterocycles. The average Bonchev–Trinajstić information content (AvgIpc) is 2.62. The minimum atomic E-state index is -0.813. The number of carboxylic acids is 1. The summed E-state index contributed by atoms with van der Waals surface area (Å²) in [6.45, 7) is 0. The lowest BCUT2D eigenvalue weighted by molar-refractivity contribution is -0.155. The fourth-order valence-corrected chi connectivity index (χ4v) is 4.98. The lowest BCUT2D eigenvalue weighted by Crippen LogP contribution is -2.54. The molecule has 2 aliphatic rings. The molecule has 3 rings (SSSR count). The van der Waals surface area contributed by atoms with Gasteiger partial charge in [0.15, 0.2) is 0 Å². The van der Waals surface area contributed by atoms with Gasteiger partial charge in [-0.2, -0.15) is 0 Å². The van der Waals surface area contributed by atoms with E-state index in [0.29, 0.717) is 10.0 Å². The minimum Gasteiger partial charge on any atom is -0.481 e. The molecule has 0 heterocycles. The van der Waals surface area contributed by atoms with Gasteiger partial charge in [0, 0.05) is 10.0 Å². The Labute approximate surface area is 135 Å². The molecule has 2 nitrogen and oxygen atoms in total.